The lowest BCUT2D eigenvalue weighted by Crippen LogP contribution is -2.31. The highest BCUT2D eigenvalue weighted by Crippen LogP contribution is 2.46. The van der Waals surface area contributed by atoms with E-state index in [-0.39, 0.29) is 11.4 Å². The third-order valence-electron chi connectivity index (χ3n) is 4.79. The molecule has 1 saturated carbocycles. The third kappa shape index (κ3) is 4.53. The predicted octanol–water partition coefficient (Wildman–Crippen LogP) is 4.41. The van der Waals surface area contributed by atoms with Crippen LogP contribution >= 0.6 is 0 Å². The number of anilines is 1. The topological polar surface area (TPSA) is 107 Å². The van der Waals surface area contributed by atoms with E-state index < -0.39 is 35.4 Å². The molecule has 0 radical (unpaired) electrons. The average Bonchev–Trinajstić information content (AvgIpc) is 3.51. The van der Waals surface area contributed by atoms with E-state index in [9.17, 15) is 18.7 Å². The van der Waals surface area contributed by atoms with E-state index in [4.69, 9.17) is 10.00 Å². The van der Waals surface area contributed by atoms with Crippen LogP contribution in [0, 0.1) is 23.0 Å². The molecule has 0 spiro atoms. The van der Waals surface area contributed by atoms with Gasteiger partial charge in [0.2, 0.25) is 0 Å². The van der Waals surface area contributed by atoms with Gasteiger partial charge in [-0.2, -0.15) is 5.26 Å². The number of amides is 2. The molecule has 0 bridgehead atoms. The van der Waals surface area contributed by atoms with Crippen molar-refractivity contribution in [3.8, 4) is 23.3 Å². The average molecular weight is 422 g/mol. The molecule has 1 aliphatic carbocycles. The lowest BCUT2D eigenvalue weighted by atomic mass is 10.1. The van der Waals surface area contributed by atoms with Crippen LogP contribution in [0.15, 0.2) is 54.7 Å². The fraction of sp³-hybridized carbons (Fsp3) is 0.136. The second-order valence-corrected chi connectivity index (χ2v) is 6.96. The molecule has 156 valence electrons. The molecule has 4 rings (SSSR count). The first-order chi connectivity index (χ1) is 14.9. The number of halogens is 2. The van der Waals surface area contributed by atoms with Gasteiger partial charge in [-0.25, -0.2) is 18.6 Å². The summed E-state index contributed by atoms with van der Waals surface area (Å²) in [6.07, 6.45) is 1.81. The van der Waals surface area contributed by atoms with E-state index in [1.165, 1.54) is 6.20 Å². The van der Waals surface area contributed by atoms with Gasteiger partial charge in [0, 0.05) is 17.5 Å². The molecule has 1 fully saturated rings. The molecule has 1 heterocycles. The minimum atomic E-state index is -0.904. The SMILES string of the molecule is N#Cc1ccc(Oc2ccc(NC(=O)N[C@@H]3C[C@@H]3c3c(F)ccc(F)c3O)nc2)cc1. The quantitative estimate of drug-likeness (QED) is 0.565. The van der Waals surface area contributed by atoms with E-state index in [1.54, 1.807) is 36.4 Å². The van der Waals surface area contributed by atoms with Crippen LogP contribution in [0.5, 0.6) is 17.2 Å². The zero-order valence-electron chi connectivity index (χ0n) is 16.0. The van der Waals surface area contributed by atoms with E-state index in [1.807, 2.05) is 6.07 Å². The Morgan fingerprint density at radius 1 is 1.10 bits per heavy atom. The summed E-state index contributed by atoms with van der Waals surface area (Å²) in [4.78, 5) is 16.3. The van der Waals surface area contributed by atoms with Crippen molar-refractivity contribution in [1.29, 1.82) is 5.26 Å². The van der Waals surface area contributed by atoms with Gasteiger partial charge in [0.25, 0.3) is 0 Å². The first kappa shape index (κ1) is 20.1. The molecule has 3 N–H and O–H groups in total. The monoisotopic (exact) mass is 422 g/mol. The number of benzene rings is 2. The number of hydrogen-bond acceptors (Lipinski definition) is 5. The summed E-state index contributed by atoms with van der Waals surface area (Å²) in [7, 11) is 0. The lowest BCUT2D eigenvalue weighted by molar-refractivity contribution is 0.251. The van der Waals surface area contributed by atoms with Crippen LogP contribution in [0.4, 0.5) is 19.4 Å². The normalized spacial score (nSPS) is 16.8. The standard InChI is InChI=1S/C22H16F2N4O3/c23-16-6-7-17(24)21(29)20(16)15-9-18(15)27-22(30)28-19-8-5-14(11-26-19)31-13-3-1-12(10-25)2-4-13/h1-8,11,15,18,29H,9H2,(H2,26,27,28,30)/t15-,18+/m0/s1. The summed E-state index contributed by atoms with van der Waals surface area (Å²) >= 11 is 0. The van der Waals surface area contributed by atoms with Crippen molar-refractivity contribution in [3.63, 3.8) is 0 Å². The molecular formula is C22H16F2N4O3. The zero-order valence-corrected chi connectivity index (χ0v) is 16.0. The Balaban J connectivity index is 1.31. The number of hydrogen-bond donors (Lipinski definition) is 3. The van der Waals surface area contributed by atoms with Crippen LogP contribution in [0.25, 0.3) is 0 Å². The minimum absolute atomic E-state index is 0.132. The Kier molecular flexibility index (Phi) is 5.37. The van der Waals surface area contributed by atoms with Crippen LogP contribution in [0.2, 0.25) is 0 Å². The maximum Gasteiger partial charge on any atom is 0.320 e. The van der Waals surface area contributed by atoms with Crippen LogP contribution in [0.1, 0.15) is 23.5 Å². The van der Waals surface area contributed by atoms with Gasteiger partial charge >= 0.3 is 6.03 Å². The van der Waals surface area contributed by atoms with Crippen molar-refractivity contribution in [2.75, 3.05) is 5.32 Å². The van der Waals surface area contributed by atoms with Gasteiger partial charge in [0.1, 0.15) is 23.1 Å². The molecule has 9 heteroatoms. The van der Waals surface area contributed by atoms with Crippen molar-refractivity contribution >= 4 is 11.8 Å². The third-order valence-corrected chi connectivity index (χ3v) is 4.79. The Labute approximate surface area is 175 Å². The summed E-state index contributed by atoms with van der Waals surface area (Å²) in [6.45, 7) is 0. The number of ether oxygens (including phenoxy) is 1. The largest absolute Gasteiger partial charge is 0.505 e. The van der Waals surface area contributed by atoms with Gasteiger partial charge < -0.3 is 15.2 Å². The smallest absolute Gasteiger partial charge is 0.320 e. The molecule has 0 aliphatic heterocycles. The van der Waals surface area contributed by atoms with Gasteiger partial charge in [-0.05, 0) is 55.0 Å². The highest BCUT2D eigenvalue weighted by molar-refractivity contribution is 5.88. The molecule has 2 atom stereocenters. The molecule has 2 aromatic carbocycles. The van der Waals surface area contributed by atoms with E-state index in [0.29, 0.717) is 23.5 Å². The van der Waals surface area contributed by atoms with Crippen molar-refractivity contribution in [2.24, 2.45) is 0 Å². The number of urea groups is 1. The molecule has 1 aromatic heterocycles. The molecule has 31 heavy (non-hydrogen) atoms. The van der Waals surface area contributed by atoms with Crippen molar-refractivity contribution in [1.82, 2.24) is 10.3 Å². The summed E-state index contributed by atoms with van der Waals surface area (Å²) < 4.78 is 33.0. The Morgan fingerprint density at radius 2 is 1.81 bits per heavy atom. The number of nitrogens with one attached hydrogen (secondary N) is 2. The van der Waals surface area contributed by atoms with Gasteiger partial charge in [0.05, 0.1) is 17.8 Å². The number of phenolic OH excluding ortho intramolecular Hbond substituents is 1. The Bertz CT molecular complexity index is 1160. The van der Waals surface area contributed by atoms with Crippen LogP contribution in [-0.2, 0) is 0 Å². The summed E-state index contributed by atoms with van der Waals surface area (Å²) in [5.74, 6) is -1.61. The van der Waals surface area contributed by atoms with Crippen LogP contribution in [-0.4, -0.2) is 22.2 Å². The number of phenols is 1. The molecule has 0 unspecified atom stereocenters. The highest BCUT2D eigenvalue weighted by atomic mass is 19.1. The molecule has 0 saturated heterocycles. The molecule has 3 aromatic rings. The molecule has 1 aliphatic rings. The second kappa shape index (κ2) is 8.28. The fourth-order valence-electron chi connectivity index (χ4n) is 3.15. The van der Waals surface area contributed by atoms with Crippen molar-refractivity contribution in [2.45, 2.75) is 18.4 Å². The van der Waals surface area contributed by atoms with Crippen LogP contribution < -0.4 is 15.4 Å². The number of pyridine rings is 1. The van der Waals surface area contributed by atoms with E-state index in [2.05, 4.69) is 15.6 Å². The first-order valence-corrected chi connectivity index (χ1v) is 9.33. The van der Waals surface area contributed by atoms with Crippen molar-refractivity contribution < 1.29 is 23.4 Å². The summed E-state index contributed by atoms with van der Waals surface area (Å²) in [6, 6.07) is 12.6. The van der Waals surface area contributed by atoms with Gasteiger partial charge in [-0.1, -0.05) is 0 Å². The number of nitrogens with zero attached hydrogens (tertiary/aromatic N) is 2. The van der Waals surface area contributed by atoms with Gasteiger partial charge in [0.15, 0.2) is 11.6 Å². The number of aromatic hydroxyl groups is 1. The number of nitriles is 1. The van der Waals surface area contributed by atoms with E-state index in [0.717, 1.165) is 12.1 Å². The highest BCUT2D eigenvalue weighted by Gasteiger charge is 2.43. The maximum atomic E-state index is 13.9. The molecular weight excluding hydrogens is 406 g/mol. The zero-order chi connectivity index (χ0) is 22.0. The number of carbonyl (C=O) groups excluding carboxylic acids is 1. The minimum Gasteiger partial charge on any atom is -0.505 e. The number of rotatable bonds is 5. The predicted molar refractivity (Wildman–Crippen MR) is 107 cm³/mol. The summed E-state index contributed by atoms with van der Waals surface area (Å²) in [5.41, 5.74) is 0.386. The Hall–Kier alpha value is -4.19. The number of carbonyl (C=O) groups is 1. The van der Waals surface area contributed by atoms with E-state index >= 15 is 0 Å². The van der Waals surface area contributed by atoms with Crippen molar-refractivity contribution in [3.05, 3.63) is 77.5 Å². The maximum absolute atomic E-state index is 13.9. The number of aromatic nitrogens is 1. The first-order valence-electron chi connectivity index (χ1n) is 9.33. The summed E-state index contributed by atoms with van der Waals surface area (Å²) in [5, 5.41) is 23.7. The fourth-order valence-corrected chi connectivity index (χ4v) is 3.15. The van der Waals surface area contributed by atoms with Gasteiger partial charge in [-0.3, -0.25) is 5.32 Å². The molecule has 2 amide bonds. The lowest BCUT2D eigenvalue weighted by Gasteiger charge is -2.09. The second-order valence-electron chi connectivity index (χ2n) is 6.96. The van der Waals surface area contributed by atoms with Gasteiger partial charge in [-0.15, -0.1) is 0 Å². The Morgan fingerprint density at radius 3 is 2.48 bits per heavy atom. The van der Waals surface area contributed by atoms with Crippen LogP contribution in [0.3, 0.4) is 0 Å². The molecule has 7 nitrogen and oxygen atoms in total.